The molecule has 2 aromatic rings. The van der Waals surface area contributed by atoms with Crippen molar-refractivity contribution in [1.82, 2.24) is 15.0 Å². The number of H-pyrrole nitrogens is 1. The average molecular weight is 233 g/mol. The van der Waals surface area contributed by atoms with E-state index in [1.807, 2.05) is 0 Å². The summed E-state index contributed by atoms with van der Waals surface area (Å²) in [7, 11) is 0. The lowest BCUT2D eigenvalue weighted by atomic mass is 10.2. The summed E-state index contributed by atoms with van der Waals surface area (Å²) >= 11 is 0. The first-order chi connectivity index (χ1) is 8.16. The van der Waals surface area contributed by atoms with Crippen molar-refractivity contribution >= 4 is 11.5 Å². The standard InChI is InChI=1S/C10H11N5O2/c1-7-4-8(15(16)17)5-13-10(7)14-6-9-11-2-3-12-9/h2-5H,6H2,1H3,(H,11,12)(H,13,14). The molecule has 0 fully saturated rings. The summed E-state index contributed by atoms with van der Waals surface area (Å²) in [5.41, 5.74) is 0.719. The van der Waals surface area contributed by atoms with E-state index in [1.54, 1.807) is 19.3 Å². The maximum Gasteiger partial charge on any atom is 0.287 e. The molecule has 0 aliphatic rings. The SMILES string of the molecule is Cc1cc([N+](=O)[O-])cnc1NCc1ncc[nH]1. The van der Waals surface area contributed by atoms with Gasteiger partial charge >= 0.3 is 0 Å². The van der Waals surface area contributed by atoms with Gasteiger partial charge in [-0.05, 0) is 12.5 Å². The fourth-order valence-electron chi connectivity index (χ4n) is 1.41. The molecular weight excluding hydrogens is 222 g/mol. The highest BCUT2D eigenvalue weighted by Crippen LogP contribution is 2.18. The number of aryl methyl sites for hydroxylation is 1. The van der Waals surface area contributed by atoms with E-state index >= 15 is 0 Å². The van der Waals surface area contributed by atoms with Gasteiger partial charge in [0.1, 0.15) is 17.8 Å². The van der Waals surface area contributed by atoms with Gasteiger partial charge in [0.25, 0.3) is 5.69 Å². The van der Waals surface area contributed by atoms with Gasteiger partial charge < -0.3 is 10.3 Å². The molecule has 2 rings (SSSR count). The number of anilines is 1. The van der Waals surface area contributed by atoms with Crippen LogP contribution in [0.4, 0.5) is 11.5 Å². The summed E-state index contributed by atoms with van der Waals surface area (Å²) in [5.74, 6) is 1.40. The number of rotatable bonds is 4. The smallest absolute Gasteiger partial charge is 0.287 e. The third kappa shape index (κ3) is 2.57. The zero-order valence-electron chi connectivity index (χ0n) is 9.17. The molecule has 2 N–H and O–H groups in total. The van der Waals surface area contributed by atoms with Crippen molar-refractivity contribution in [3.8, 4) is 0 Å². The highest BCUT2D eigenvalue weighted by molar-refractivity contribution is 5.48. The monoisotopic (exact) mass is 233 g/mol. The first-order valence-electron chi connectivity index (χ1n) is 5.00. The molecule has 0 aliphatic heterocycles. The van der Waals surface area contributed by atoms with E-state index in [0.717, 1.165) is 11.4 Å². The van der Waals surface area contributed by atoms with Crippen LogP contribution in [0, 0.1) is 17.0 Å². The number of hydrogen-bond acceptors (Lipinski definition) is 5. The van der Waals surface area contributed by atoms with Crippen molar-refractivity contribution < 1.29 is 4.92 Å². The number of nitro groups is 1. The van der Waals surface area contributed by atoms with Crippen LogP contribution in [-0.4, -0.2) is 19.9 Å². The summed E-state index contributed by atoms with van der Waals surface area (Å²) in [6.07, 6.45) is 4.62. The Morgan fingerprint density at radius 3 is 2.94 bits per heavy atom. The van der Waals surface area contributed by atoms with Crippen molar-refractivity contribution in [1.29, 1.82) is 0 Å². The maximum absolute atomic E-state index is 10.5. The predicted molar refractivity (Wildman–Crippen MR) is 61.5 cm³/mol. The zero-order chi connectivity index (χ0) is 12.3. The lowest BCUT2D eigenvalue weighted by molar-refractivity contribution is -0.385. The largest absolute Gasteiger partial charge is 0.363 e. The minimum absolute atomic E-state index is 0.00829. The number of imidazole rings is 1. The van der Waals surface area contributed by atoms with Crippen molar-refractivity contribution in [3.05, 3.63) is 46.2 Å². The van der Waals surface area contributed by atoms with Crippen LogP contribution in [0.2, 0.25) is 0 Å². The molecule has 0 spiro atoms. The first-order valence-corrected chi connectivity index (χ1v) is 5.00. The van der Waals surface area contributed by atoms with E-state index in [-0.39, 0.29) is 5.69 Å². The maximum atomic E-state index is 10.5. The number of aromatic amines is 1. The Morgan fingerprint density at radius 1 is 1.53 bits per heavy atom. The van der Waals surface area contributed by atoms with Gasteiger partial charge in [-0.2, -0.15) is 0 Å². The lowest BCUT2D eigenvalue weighted by Gasteiger charge is -2.06. The third-order valence-corrected chi connectivity index (χ3v) is 2.25. The number of aromatic nitrogens is 3. The van der Waals surface area contributed by atoms with Crippen LogP contribution in [-0.2, 0) is 6.54 Å². The first kappa shape index (κ1) is 11.1. The molecule has 0 radical (unpaired) electrons. The van der Waals surface area contributed by atoms with Gasteiger partial charge in [-0.25, -0.2) is 9.97 Å². The van der Waals surface area contributed by atoms with Crippen molar-refractivity contribution in [2.24, 2.45) is 0 Å². The van der Waals surface area contributed by atoms with Gasteiger partial charge in [-0.1, -0.05) is 0 Å². The molecular formula is C10H11N5O2. The van der Waals surface area contributed by atoms with Gasteiger partial charge in [-0.3, -0.25) is 10.1 Å². The Bertz CT molecular complexity index is 523. The van der Waals surface area contributed by atoms with Crippen molar-refractivity contribution in [3.63, 3.8) is 0 Å². The summed E-state index contributed by atoms with van der Waals surface area (Å²) in [6, 6.07) is 1.48. The van der Waals surface area contributed by atoms with Gasteiger partial charge in [0.15, 0.2) is 0 Å². The van der Waals surface area contributed by atoms with Crippen LogP contribution in [0.25, 0.3) is 0 Å². The minimum Gasteiger partial charge on any atom is -0.363 e. The molecule has 88 valence electrons. The van der Waals surface area contributed by atoms with Crippen LogP contribution in [0.1, 0.15) is 11.4 Å². The number of nitrogens with zero attached hydrogens (tertiary/aromatic N) is 3. The van der Waals surface area contributed by atoms with Crippen LogP contribution >= 0.6 is 0 Å². The average Bonchev–Trinajstić information content (AvgIpc) is 2.80. The molecule has 17 heavy (non-hydrogen) atoms. The molecule has 0 saturated heterocycles. The number of pyridine rings is 1. The van der Waals surface area contributed by atoms with E-state index in [9.17, 15) is 10.1 Å². The van der Waals surface area contributed by atoms with Crippen molar-refractivity contribution in [2.45, 2.75) is 13.5 Å². The van der Waals surface area contributed by atoms with E-state index in [4.69, 9.17) is 0 Å². The molecule has 0 atom stereocenters. The molecule has 0 aliphatic carbocycles. The summed E-state index contributed by atoms with van der Waals surface area (Å²) in [5, 5.41) is 13.6. The van der Waals surface area contributed by atoms with E-state index < -0.39 is 4.92 Å². The van der Waals surface area contributed by atoms with Crippen molar-refractivity contribution in [2.75, 3.05) is 5.32 Å². The molecule has 0 unspecified atom stereocenters. The molecule has 2 heterocycles. The Kier molecular flexibility index (Phi) is 2.99. The van der Waals surface area contributed by atoms with Crippen LogP contribution in [0.5, 0.6) is 0 Å². The van der Waals surface area contributed by atoms with Gasteiger partial charge in [-0.15, -0.1) is 0 Å². The number of nitrogens with one attached hydrogen (secondary N) is 2. The molecule has 0 saturated carbocycles. The second-order valence-corrected chi connectivity index (χ2v) is 3.51. The normalized spacial score (nSPS) is 10.2. The Morgan fingerprint density at radius 2 is 2.35 bits per heavy atom. The Balaban J connectivity index is 2.09. The van der Waals surface area contributed by atoms with Gasteiger partial charge in [0.05, 0.1) is 11.5 Å². The van der Waals surface area contributed by atoms with E-state index in [0.29, 0.717) is 12.4 Å². The second kappa shape index (κ2) is 4.60. The van der Waals surface area contributed by atoms with Crippen LogP contribution < -0.4 is 5.32 Å². The highest BCUT2D eigenvalue weighted by atomic mass is 16.6. The quantitative estimate of drug-likeness (QED) is 0.618. The molecule has 0 amide bonds. The molecule has 2 aromatic heterocycles. The molecule has 7 heteroatoms. The summed E-state index contributed by atoms with van der Waals surface area (Å²) < 4.78 is 0. The lowest BCUT2D eigenvalue weighted by Crippen LogP contribution is -2.05. The van der Waals surface area contributed by atoms with Crippen LogP contribution in [0.3, 0.4) is 0 Å². The molecule has 0 aromatic carbocycles. The van der Waals surface area contributed by atoms with E-state index in [2.05, 4.69) is 20.3 Å². The topological polar surface area (TPSA) is 96.7 Å². The van der Waals surface area contributed by atoms with Gasteiger partial charge in [0.2, 0.25) is 0 Å². The Labute approximate surface area is 97.1 Å². The highest BCUT2D eigenvalue weighted by Gasteiger charge is 2.09. The molecule has 7 nitrogen and oxygen atoms in total. The molecule has 0 bridgehead atoms. The fraction of sp³-hybridized carbons (Fsp3) is 0.200. The fourth-order valence-corrected chi connectivity index (χ4v) is 1.41. The van der Waals surface area contributed by atoms with Crippen LogP contribution in [0.15, 0.2) is 24.7 Å². The number of hydrogen-bond donors (Lipinski definition) is 2. The minimum atomic E-state index is -0.462. The second-order valence-electron chi connectivity index (χ2n) is 3.51. The Hall–Kier alpha value is -2.44. The third-order valence-electron chi connectivity index (χ3n) is 2.25. The zero-order valence-corrected chi connectivity index (χ0v) is 9.17. The summed E-state index contributed by atoms with van der Waals surface area (Å²) in [4.78, 5) is 21.1. The predicted octanol–water partition coefficient (Wildman–Crippen LogP) is 1.63. The van der Waals surface area contributed by atoms with E-state index in [1.165, 1.54) is 12.3 Å². The summed E-state index contributed by atoms with van der Waals surface area (Å²) in [6.45, 7) is 2.27. The van der Waals surface area contributed by atoms with Gasteiger partial charge in [0, 0.05) is 18.5 Å².